The van der Waals surface area contributed by atoms with E-state index in [4.69, 9.17) is 4.74 Å². The lowest BCUT2D eigenvalue weighted by Crippen LogP contribution is -2.59. The first-order chi connectivity index (χ1) is 6.26. The van der Waals surface area contributed by atoms with E-state index < -0.39 is 0 Å². The number of nitrogens with one attached hydrogen (secondary N) is 1. The molecule has 0 saturated carbocycles. The van der Waals surface area contributed by atoms with Gasteiger partial charge in [0, 0.05) is 18.5 Å². The minimum atomic E-state index is -0.323. The van der Waals surface area contributed by atoms with Crippen molar-refractivity contribution < 1.29 is 14.3 Å². The van der Waals surface area contributed by atoms with E-state index in [-0.39, 0.29) is 24.5 Å². The standard InChI is InChI=1S/C9H15NO3.ClH/c1-12-8(11)7-2-3-9(6-13-7)4-10-5-9;/h7,10H,2-6H2,1H3;1H. The molecule has 0 aromatic heterocycles. The number of hydrogen-bond acceptors (Lipinski definition) is 4. The molecule has 1 N–H and O–H groups in total. The molecule has 0 aromatic rings. The van der Waals surface area contributed by atoms with E-state index in [0.717, 1.165) is 25.9 Å². The van der Waals surface area contributed by atoms with Crippen molar-refractivity contribution in [3.8, 4) is 0 Å². The second kappa shape index (κ2) is 4.47. The van der Waals surface area contributed by atoms with Gasteiger partial charge >= 0.3 is 5.97 Å². The fourth-order valence-corrected chi connectivity index (χ4v) is 1.94. The number of rotatable bonds is 1. The Bertz CT molecular complexity index is 208. The highest BCUT2D eigenvalue weighted by Crippen LogP contribution is 2.34. The summed E-state index contributed by atoms with van der Waals surface area (Å²) >= 11 is 0. The summed E-state index contributed by atoms with van der Waals surface area (Å²) in [6.45, 7) is 2.75. The van der Waals surface area contributed by atoms with Gasteiger partial charge in [-0.15, -0.1) is 12.4 Å². The van der Waals surface area contributed by atoms with Gasteiger partial charge in [0.25, 0.3) is 0 Å². The molecule has 4 nitrogen and oxygen atoms in total. The maximum absolute atomic E-state index is 11.1. The first-order valence-electron chi connectivity index (χ1n) is 4.66. The van der Waals surface area contributed by atoms with Crippen LogP contribution in [0.2, 0.25) is 0 Å². The lowest BCUT2D eigenvalue weighted by atomic mass is 9.76. The third kappa shape index (κ3) is 2.02. The summed E-state index contributed by atoms with van der Waals surface area (Å²) in [5.41, 5.74) is 0.324. The molecule has 2 saturated heterocycles. The molecule has 1 atom stereocenters. The highest BCUT2D eigenvalue weighted by Gasteiger charge is 2.42. The summed E-state index contributed by atoms with van der Waals surface area (Å²) in [6.07, 6.45) is 1.55. The van der Waals surface area contributed by atoms with E-state index in [1.54, 1.807) is 0 Å². The topological polar surface area (TPSA) is 47.6 Å². The third-order valence-electron chi connectivity index (χ3n) is 2.99. The van der Waals surface area contributed by atoms with Crippen molar-refractivity contribution >= 4 is 18.4 Å². The number of ether oxygens (including phenoxy) is 2. The van der Waals surface area contributed by atoms with Crippen LogP contribution in [0, 0.1) is 5.41 Å². The van der Waals surface area contributed by atoms with Crippen LogP contribution in [0.4, 0.5) is 0 Å². The zero-order valence-electron chi connectivity index (χ0n) is 8.25. The van der Waals surface area contributed by atoms with E-state index in [1.807, 2.05) is 0 Å². The number of hydrogen-bond donors (Lipinski definition) is 1. The Morgan fingerprint density at radius 2 is 2.29 bits per heavy atom. The van der Waals surface area contributed by atoms with Crippen molar-refractivity contribution in [2.24, 2.45) is 5.41 Å². The SMILES string of the molecule is COC(=O)C1CCC2(CNC2)CO1.Cl. The summed E-state index contributed by atoms with van der Waals surface area (Å²) in [7, 11) is 1.40. The Labute approximate surface area is 89.7 Å². The quantitative estimate of drug-likeness (QED) is 0.650. The van der Waals surface area contributed by atoms with Gasteiger partial charge in [-0.2, -0.15) is 0 Å². The Hall–Kier alpha value is -0.320. The summed E-state index contributed by atoms with van der Waals surface area (Å²) in [5, 5.41) is 3.23. The van der Waals surface area contributed by atoms with Gasteiger partial charge in [-0.25, -0.2) is 4.79 Å². The minimum Gasteiger partial charge on any atom is -0.467 e. The Balaban J connectivity index is 0.000000980. The number of carbonyl (C=O) groups is 1. The van der Waals surface area contributed by atoms with Crippen molar-refractivity contribution in [3.05, 3.63) is 0 Å². The van der Waals surface area contributed by atoms with E-state index in [1.165, 1.54) is 7.11 Å². The zero-order valence-corrected chi connectivity index (χ0v) is 9.06. The molecule has 2 fully saturated rings. The predicted octanol–water partition coefficient (Wildman–Crippen LogP) is 0.350. The maximum atomic E-state index is 11.1. The van der Waals surface area contributed by atoms with Gasteiger partial charge in [-0.05, 0) is 12.8 Å². The molecular formula is C9H16ClNO3. The molecule has 0 aromatic carbocycles. The molecule has 2 aliphatic rings. The lowest BCUT2D eigenvalue weighted by Gasteiger charge is -2.46. The third-order valence-corrected chi connectivity index (χ3v) is 2.99. The van der Waals surface area contributed by atoms with Crippen LogP contribution in [-0.4, -0.2) is 38.9 Å². The molecule has 2 aliphatic heterocycles. The van der Waals surface area contributed by atoms with Crippen LogP contribution >= 0.6 is 12.4 Å². The Morgan fingerprint density at radius 3 is 2.64 bits per heavy atom. The van der Waals surface area contributed by atoms with Crippen molar-refractivity contribution in [1.82, 2.24) is 5.32 Å². The van der Waals surface area contributed by atoms with Crippen molar-refractivity contribution in [3.63, 3.8) is 0 Å². The van der Waals surface area contributed by atoms with Gasteiger partial charge < -0.3 is 14.8 Å². The average Bonchev–Trinajstić information content (AvgIpc) is 2.14. The minimum absolute atomic E-state index is 0. The smallest absolute Gasteiger partial charge is 0.334 e. The van der Waals surface area contributed by atoms with Crippen LogP contribution in [0.1, 0.15) is 12.8 Å². The van der Waals surface area contributed by atoms with Gasteiger partial charge in [-0.3, -0.25) is 0 Å². The van der Waals surface area contributed by atoms with Gasteiger partial charge in [0.2, 0.25) is 0 Å². The molecule has 5 heteroatoms. The first kappa shape index (κ1) is 11.8. The van der Waals surface area contributed by atoms with Crippen LogP contribution in [-0.2, 0) is 14.3 Å². The summed E-state index contributed by atoms with van der Waals surface area (Å²) in [6, 6.07) is 0. The van der Waals surface area contributed by atoms with E-state index in [9.17, 15) is 4.79 Å². The highest BCUT2D eigenvalue weighted by molar-refractivity contribution is 5.85. The molecular weight excluding hydrogens is 206 g/mol. The van der Waals surface area contributed by atoms with Gasteiger partial charge in [0.15, 0.2) is 6.10 Å². The lowest BCUT2D eigenvalue weighted by molar-refractivity contribution is -0.165. The van der Waals surface area contributed by atoms with Crippen molar-refractivity contribution in [1.29, 1.82) is 0 Å². The summed E-state index contributed by atoms with van der Waals surface area (Å²) < 4.78 is 10.1. The molecule has 2 rings (SSSR count). The Kier molecular flexibility index (Phi) is 3.75. The molecule has 14 heavy (non-hydrogen) atoms. The van der Waals surface area contributed by atoms with E-state index >= 15 is 0 Å². The maximum Gasteiger partial charge on any atom is 0.334 e. The normalized spacial score (nSPS) is 28.8. The van der Waals surface area contributed by atoms with E-state index in [0.29, 0.717) is 12.0 Å². The second-order valence-electron chi connectivity index (χ2n) is 3.97. The number of esters is 1. The van der Waals surface area contributed by atoms with Crippen LogP contribution in [0.3, 0.4) is 0 Å². The van der Waals surface area contributed by atoms with Gasteiger partial charge in [0.1, 0.15) is 0 Å². The predicted molar refractivity (Wildman–Crippen MR) is 53.5 cm³/mol. The second-order valence-corrected chi connectivity index (χ2v) is 3.97. The molecule has 82 valence electrons. The number of methoxy groups -OCH3 is 1. The average molecular weight is 222 g/mol. The molecule has 0 amide bonds. The molecule has 0 bridgehead atoms. The van der Waals surface area contributed by atoms with Crippen molar-refractivity contribution in [2.45, 2.75) is 18.9 Å². The monoisotopic (exact) mass is 221 g/mol. The molecule has 1 spiro atoms. The highest BCUT2D eigenvalue weighted by atomic mass is 35.5. The first-order valence-corrected chi connectivity index (χ1v) is 4.66. The number of carbonyl (C=O) groups excluding carboxylic acids is 1. The molecule has 0 aliphatic carbocycles. The van der Waals surface area contributed by atoms with Crippen molar-refractivity contribution in [2.75, 3.05) is 26.8 Å². The fourth-order valence-electron chi connectivity index (χ4n) is 1.94. The van der Waals surface area contributed by atoms with Crippen LogP contribution in [0.5, 0.6) is 0 Å². The van der Waals surface area contributed by atoms with E-state index in [2.05, 4.69) is 10.1 Å². The zero-order chi connectivity index (χ0) is 9.31. The number of halogens is 1. The van der Waals surface area contributed by atoms with Gasteiger partial charge in [0.05, 0.1) is 13.7 Å². The van der Waals surface area contributed by atoms with Crippen LogP contribution in [0.25, 0.3) is 0 Å². The largest absolute Gasteiger partial charge is 0.467 e. The molecule has 0 radical (unpaired) electrons. The van der Waals surface area contributed by atoms with Crippen LogP contribution < -0.4 is 5.32 Å². The fraction of sp³-hybridized carbons (Fsp3) is 0.889. The van der Waals surface area contributed by atoms with Crippen LogP contribution in [0.15, 0.2) is 0 Å². The molecule has 2 heterocycles. The summed E-state index contributed by atoms with van der Waals surface area (Å²) in [4.78, 5) is 11.1. The Morgan fingerprint density at radius 1 is 1.57 bits per heavy atom. The van der Waals surface area contributed by atoms with Gasteiger partial charge in [-0.1, -0.05) is 0 Å². The molecule has 1 unspecified atom stereocenters. The summed E-state index contributed by atoms with van der Waals surface area (Å²) in [5.74, 6) is -0.234.